The average molecular weight is 240 g/mol. The van der Waals surface area contributed by atoms with E-state index in [1.807, 2.05) is 12.3 Å². The molecule has 0 saturated heterocycles. The smallest absolute Gasteiger partial charge is 0.146 e. The number of hydrogen-bond donors (Lipinski definition) is 1. The summed E-state index contributed by atoms with van der Waals surface area (Å²) in [6.45, 7) is 1.85. The van der Waals surface area contributed by atoms with Crippen molar-refractivity contribution in [3.8, 4) is 0 Å². The number of rotatable bonds is 3. The minimum atomic E-state index is -0.469. The summed E-state index contributed by atoms with van der Waals surface area (Å²) in [5.41, 5.74) is 2.67. The van der Waals surface area contributed by atoms with Crippen LogP contribution in [0.3, 0.4) is 0 Å². The lowest BCUT2D eigenvalue weighted by molar-refractivity contribution is 0.600. The van der Waals surface area contributed by atoms with Gasteiger partial charge in [-0.1, -0.05) is 0 Å². The van der Waals surface area contributed by atoms with Gasteiger partial charge >= 0.3 is 0 Å². The second-order valence-electron chi connectivity index (χ2n) is 3.40. The molecular formula is C11H10F2N2S. The van der Waals surface area contributed by atoms with Crippen LogP contribution in [-0.2, 0) is 0 Å². The van der Waals surface area contributed by atoms with E-state index < -0.39 is 11.6 Å². The lowest BCUT2D eigenvalue weighted by Crippen LogP contribution is -2.08. The zero-order chi connectivity index (χ0) is 11.5. The lowest BCUT2D eigenvalue weighted by Gasteiger charge is -2.13. The van der Waals surface area contributed by atoms with Crippen molar-refractivity contribution in [2.24, 2.45) is 0 Å². The Kier molecular flexibility index (Phi) is 3.14. The molecule has 1 aromatic heterocycles. The molecule has 84 valence electrons. The maximum atomic E-state index is 13.3. The third-order valence-corrected chi connectivity index (χ3v) is 2.80. The minimum Gasteiger partial charge on any atom is -0.374 e. The highest BCUT2D eigenvalue weighted by Gasteiger charge is 2.10. The molecule has 1 atom stereocenters. The van der Waals surface area contributed by atoms with Gasteiger partial charge < -0.3 is 5.32 Å². The van der Waals surface area contributed by atoms with Crippen molar-refractivity contribution in [2.75, 3.05) is 5.32 Å². The Morgan fingerprint density at radius 1 is 1.38 bits per heavy atom. The summed E-state index contributed by atoms with van der Waals surface area (Å²) in [6.07, 6.45) is 0. The molecule has 0 aliphatic carbocycles. The van der Waals surface area contributed by atoms with Gasteiger partial charge in [-0.25, -0.2) is 13.8 Å². The lowest BCUT2D eigenvalue weighted by atomic mass is 10.2. The number of nitrogens with zero attached hydrogens (tertiary/aromatic N) is 1. The highest BCUT2D eigenvalue weighted by molar-refractivity contribution is 7.07. The van der Waals surface area contributed by atoms with Gasteiger partial charge in [0.15, 0.2) is 0 Å². The van der Waals surface area contributed by atoms with E-state index in [4.69, 9.17) is 0 Å². The molecule has 0 spiro atoms. The highest BCUT2D eigenvalue weighted by atomic mass is 32.1. The van der Waals surface area contributed by atoms with E-state index in [0.29, 0.717) is 0 Å². The molecule has 1 unspecified atom stereocenters. The van der Waals surface area contributed by atoms with Crippen LogP contribution in [0.15, 0.2) is 29.1 Å². The minimum absolute atomic E-state index is 0.150. The largest absolute Gasteiger partial charge is 0.374 e. The van der Waals surface area contributed by atoms with Gasteiger partial charge in [0.05, 0.1) is 22.9 Å². The standard InChI is InChI=1S/C11H10F2N2S/c1-7(11-5-16-6-14-11)15-10-4-8(12)2-3-9(10)13/h2-7,15H,1H3. The van der Waals surface area contributed by atoms with Gasteiger partial charge in [-0.3, -0.25) is 0 Å². The van der Waals surface area contributed by atoms with Gasteiger partial charge in [0, 0.05) is 5.38 Å². The molecule has 0 aliphatic heterocycles. The van der Waals surface area contributed by atoms with E-state index in [0.717, 1.165) is 23.9 Å². The Bertz CT molecular complexity index is 471. The molecule has 16 heavy (non-hydrogen) atoms. The van der Waals surface area contributed by atoms with Crippen LogP contribution in [0.2, 0.25) is 0 Å². The quantitative estimate of drug-likeness (QED) is 0.886. The molecular weight excluding hydrogens is 230 g/mol. The molecule has 0 radical (unpaired) electrons. The monoisotopic (exact) mass is 240 g/mol. The fourth-order valence-electron chi connectivity index (χ4n) is 1.35. The molecule has 0 aliphatic rings. The summed E-state index contributed by atoms with van der Waals surface area (Å²) < 4.78 is 26.2. The molecule has 5 heteroatoms. The van der Waals surface area contributed by atoms with Crippen LogP contribution < -0.4 is 5.32 Å². The van der Waals surface area contributed by atoms with Crippen molar-refractivity contribution in [3.05, 3.63) is 46.4 Å². The van der Waals surface area contributed by atoms with Gasteiger partial charge in [-0.05, 0) is 25.1 Å². The first-order valence-corrected chi connectivity index (χ1v) is 5.71. The first kappa shape index (κ1) is 11.0. The number of benzene rings is 1. The topological polar surface area (TPSA) is 24.9 Å². The van der Waals surface area contributed by atoms with Crippen LogP contribution in [0.25, 0.3) is 0 Å². The molecule has 0 fully saturated rings. The summed E-state index contributed by atoms with van der Waals surface area (Å²) in [6, 6.07) is 3.18. The number of nitrogens with one attached hydrogen (secondary N) is 1. The summed E-state index contributed by atoms with van der Waals surface area (Å²) in [7, 11) is 0. The Labute approximate surface area is 96.0 Å². The number of thiazole rings is 1. The Balaban J connectivity index is 2.17. The van der Waals surface area contributed by atoms with E-state index in [9.17, 15) is 8.78 Å². The van der Waals surface area contributed by atoms with Gasteiger partial charge in [0.25, 0.3) is 0 Å². The molecule has 1 aromatic carbocycles. The van der Waals surface area contributed by atoms with E-state index >= 15 is 0 Å². The van der Waals surface area contributed by atoms with Crippen molar-refractivity contribution in [1.82, 2.24) is 4.98 Å². The molecule has 1 N–H and O–H groups in total. The second kappa shape index (κ2) is 4.57. The zero-order valence-corrected chi connectivity index (χ0v) is 9.39. The Hall–Kier alpha value is -1.49. The highest BCUT2D eigenvalue weighted by Crippen LogP contribution is 2.22. The molecule has 1 heterocycles. The molecule has 0 bridgehead atoms. The van der Waals surface area contributed by atoms with Crippen LogP contribution in [-0.4, -0.2) is 4.98 Å². The van der Waals surface area contributed by atoms with E-state index in [2.05, 4.69) is 10.3 Å². The van der Waals surface area contributed by atoms with Crippen molar-refractivity contribution in [3.63, 3.8) is 0 Å². The predicted molar refractivity (Wildman–Crippen MR) is 60.5 cm³/mol. The third kappa shape index (κ3) is 2.36. The SMILES string of the molecule is CC(Nc1cc(F)ccc1F)c1cscn1. The molecule has 2 aromatic rings. The molecule has 2 nitrogen and oxygen atoms in total. The number of anilines is 1. The summed E-state index contributed by atoms with van der Waals surface area (Å²) in [5, 5.41) is 4.75. The van der Waals surface area contributed by atoms with Gasteiger partial charge in [0.1, 0.15) is 11.6 Å². The predicted octanol–water partition coefficient (Wildman–Crippen LogP) is 3.59. The maximum absolute atomic E-state index is 13.3. The number of hydrogen-bond acceptors (Lipinski definition) is 3. The van der Waals surface area contributed by atoms with Crippen molar-refractivity contribution < 1.29 is 8.78 Å². The van der Waals surface area contributed by atoms with Crippen molar-refractivity contribution >= 4 is 17.0 Å². The summed E-state index contributed by atoms with van der Waals surface area (Å²) in [5.74, 6) is -0.933. The summed E-state index contributed by atoms with van der Waals surface area (Å²) in [4.78, 5) is 4.10. The number of aromatic nitrogens is 1. The molecule has 0 saturated carbocycles. The van der Waals surface area contributed by atoms with E-state index in [1.165, 1.54) is 11.3 Å². The zero-order valence-electron chi connectivity index (χ0n) is 8.58. The van der Waals surface area contributed by atoms with Crippen LogP contribution in [0, 0.1) is 11.6 Å². The van der Waals surface area contributed by atoms with E-state index in [1.54, 1.807) is 5.51 Å². The maximum Gasteiger partial charge on any atom is 0.146 e. The van der Waals surface area contributed by atoms with Gasteiger partial charge in [-0.15, -0.1) is 11.3 Å². The Morgan fingerprint density at radius 2 is 2.19 bits per heavy atom. The molecule has 0 amide bonds. The van der Waals surface area contributed by atoms with Crippen molar-refractivity contribution in [2.45, 2.75) is 13.0 Å². The average Bonchev–Trinajstić information content (AvgIpc) is 2.76. The third-order valence-electron chi connectivity index (χ3n) is 2.20. The number of halogens is 2. The Morgan fingerprint density at radius 3 is 2.88 bits per heavy atom. The van der Waals surface area contributed by atoms with Gasteiger partial charge in [0.2, 0.25) is 0 Å². The first-order chi connectivity index (χ1) is 7.66. The fraction of sp³-hybridized carbons (Fsp3) is 0.182. The van der Waals surface area contributed by atoms with Crippen LogP contribution in [0.1, 0.15) is 18.7 Å². The first-order valence-electron chi connectivity index (χ1n) is 4.76. The van der Waals surface area contributed by atoms with Crippen LogP contribution in [0.5, 0.6) is 0 Å². The normalized spacial score (nSPS) is 12.4. The summed E-state index contributed by atoms with van der Waals surface area (Å²) >= 11 is 1.47. The van der Waals surface area contributed by atoms with Crippen LogP contribution in [0.4, 0.5) is 14.5 Å². The van der Waals surface area contributed by atoms with E-state index in [-0.39, 0.29) is 11.7 Å². The fourth-order valence-corrected chi connectivity index (χ4v) is 2.00. The molecule has 2 rings (SSSR count). The van der Waals surface area contributed by atoms with Crippen LogP contribution >= 0.6 is 11.3 Å². The van der Waals surface area contributed by atoms with Gasteiger partial charge in [-0.2, -0.15) is 0 Å². The van der Waals surface area contributed by atoms with Crippen molar-refractivity contribution in [1.29, 1.82) is 0 Å². The second-order valence-corrected chi connectivity index (χ2v) is 4.12.